The highest BCUT2D eigenvalue weighted by atomic mass is 15.3. The normalized spacial score (nSPS) is 32.6. The first kappa shape index (κ1) is 13.3. The Kier molecular flexibility index (Phi) is 4.83. The molecule has 0 aliphatic carbocycles. The molecule has 2 heterocycles. The Morgan fingerprint density at radius 2 is 2.00 bits per heavy atom. The molecule has 0 saturated carbocycles. The van der Waals surface area contributed by atoms with Crippen molar-refractivity contribution in [2.45, 2.75) is 63.6 Å². The summed E-state index contributed by atoms with van der Waals surface area (Å²) in [5.41, 5.74) is 5.98. The molecular weight excluding hydrogens is 210 g/mol. The van der Waals surface area contributed by atoms with Crippen molar-refractivity contribution in [1.82, 2.24) is 9.80 Å². The highest BCUT2D eigenvalue weighted by molar-refractivity contribution is 4.90. The van der Waals surface area contributed by atoms with Crippen LogP contribution in [0.3, 0.4) is 0 Å². The van der Waals surface area contributed by atoms with Crippen LogP contribution >= 0.6 is 0 Å². The summed E-state index contributed by atoms with van der Waals surface area (Å²) in [6.07, 6.45) is 7.79. The van der Waals surface area contributed by atoms with Crippen LogP contribution in [0, 0.1) is 0 Å². The molecule has 0 amide bonds. The molecule has 2 rings (SSSR count). The van der Waals surface area contributed by atoms with E-state index in [0.717, 1.165) is 18.5 Å². The molecule has 3 atom stereocenters. The second-order valence-electron chi connectivity index (χ2n) is 5.95. The third-order valence-electron chi connectivity index (χ3n) is 4.81. The molecule has 0 radical (unpaired) electrons. The number of rotatable bonds is 5. The van der Waals surface area contributed by atoms with Gasteiger partial charge in [0.05, 0.1) is 0 Å². The van der Waals surface area contributed by atoms with Crippen LogP contribution in [0.5, 0.6) is 0 Å². The molecule has 0 aromatic rings. The molecule has 2 aliphatic rings. The van der Waals surface area contributed by atoms with Gasteiger partial charge < -0.3 is 10.6 Å². The zero-order valence-electron chi connectivity index (χ0n) is 11.6. The number of likely N-dealkylation sites (N-methyl/N-ethyl adjacent to an activating group) is 1. The van der Waals surface area contributed by atoms with Gasteiger partial charge in [-0.15, -0.1) is 0 Å². The lowest BCUT2D eigenvalue weighted by atomic mass is 10.1. The number of fused-ring (bicyclic) bond motifs is 2. The van der Waals surface area contributed by atoms with Crippen molar-refractivity contribution in [2.24, 2.45) is 5.73 Å². The predicted octanol–water partition coefficient (Wildman–Crippen LogP) is 1.67. The molecule has 3 unspecified atom stereocenters. The molecule has 0 spiro atoms. The van der Waals surface area contributed by atoms with Gasteiger partial charge in [-0.1, -0.05) is 6.92 Å². The second-order valence-corrected chi connectivity index (χ2v) is 5.95. The number of nitrogens with two attached hydrogens (primary N) is 1. The van der Waals surface area contributed by atoms with E-state index in [9.17, 15) is 0 Å². The highest BCUT2D eigenvalue weighted by Gasteiger charge is 2.34. The van der Waals surface area contributed by atoms with Gasteiger partial charge in [-0.2, -0.15) is 0 Å². The molecule has 2 saturated heterocycles. The minimum absolute atomic E-state index is 0.418. The first-order chi connectivity index (χ1) is 8.20. The molecule has 3 nitrogen and oxygen atoms in total. The standard InChI is InChI=1S/C14H29N3/c1-3-12(15)5-4-9-17-10-8-13-6-7-14(11-17)16(13)2/h12-14H,3-11,15H2,1-2H3. The van der Waals surface area contributed by atoms with Crippen LogP contribution in [0.2, 0.25) is 0 Å². The van der Waals surface area contributed by atoms with Crippen LogP contribution in [0.15, 0.2) is 0 Å². The van der Waals surface area contributed by atoms with E-state index in [1.54, 1.807) is 0 Å². The Morgan fingerprint density at radius 3 is 2.76 bits per heavy atom. The molecule has 17 heavy (non-hydrogen) atoms. The molecule has 100 valence electrons. The van der Waals surface area contributed by atoms with E-state index in [0.29, 0.717) is 6.04 Å². The summed E-state index contributed by atoms with van der Waals surface area (Å²) in [7, 11) is 2.32. The predicted molar refractivity (Wildman–Crippen MR) is 73.1 cm³/mol. The van der Waals surface area contributed by atoms with Gasteiger partial charge in [0.25, 0.3) is 0 Å². The lowest BCUT2D eigenvalue weighted by Crippen LogP contribution is -2.37. The van der Waals surface area contributed by atoms with Crippen molar-refractivity contribution in [2.75, 3.05) is 26.7 Å². The van der Waals surface area contributed by atoms with Gasteiger partial charge in [0.15, 0.2) is 0 Å². The average molecular weight is 239 g/mol. The van der Waals surface area contributed by atoms with Crippen molar-refractivity contribution in [3.8, 4) is 0 Å². The molecule has 2 aliphatic heterocycles. The zero-order chi connectivity index (χ0) is 12.3. The topological polar surface area (TPSA) is 32.5 Å². The first-order valence-electron chi connectivity index (χ1n) is 7.40. The van der Waals surface area contributed by atoms with Gasteiger partial charge in [-0.05, 0) is 58.7 Å². The zero-order valence-corrected chi connectivity index (χ0v) is 11.6. The third kappa shape index (κ3) is 3.43. The van der Waals surface area contributed by atoms with Gasteiger partial charge in [0, 0.05) is 24.7 Å². The molecule has 3 heteroatoms. The molecule has 2 bridgehead atoms. The summed E-state index contributed by atoms with van der Waals surface area (Å²) in [5.74, 6) is 0. The minimum atomic E-state index is 0.418. The van der Waals surface area contributed by atoms with Crippen LogP contribution in [-0.2, 0) is 0 Å². The van der Waals surface area contributed by atoms with Crippen LogP contribution in [0.25, 0.3) is 0 Å². The Bertz CT molecular complexity index is 232. The van der Waals surface area contributed by atoms with E-state index in [1.165, 1.54) is 51.7 Å². The largest absolute Gasteiger partial charge is 0.328 e. The maximum atomic E-state index is 5.98. The van der Waals surface area contributed by atoms with Gasteiger partial charge >= 0.3 is 0 Å². The van der Waals surface area contributed by atoms with Crippen molar-refractivity contribution >= 4 is 0 Å². The first-order valence-corrected chi connectivity index (χ1v) is 7.40. The summed E-state index contributed by atoms with van der Waals surface area (Å²) in [5, 5.41) is 0. The summed E-state index contributed by atoms with van der Waals surface area (Å²) in [4.78, 5) is 5.29. The Labute approximate surface area is 106 Å². The smallest absolute Gasteiger partial charge is 0.0223 e. The number of nitrogens with zero attached hydrogens (tertiary/aromatic N) is 2. The van der Waals surface area contributed by atoms with Crippen LogP contribution in [-0.4, -0.2) is 54.6 Å². The third-order valence-corrected chi connectivity index (χ3v) is 4.81. The quantitative estimate of drug-likeness (QED) is 0.792. The Morgan fingerprint density at radius 1 is 1.24 bits per heavy atom. The van der Waals surface area contributed by atoms with Crippen LogP contribution < -0.4 is 5.73 Å². The summed E-state index contributed by atoms with van der Waals surface area (Å²) >= 11 is 0. The van der Waals surface area contributed by atoms with Crippen molar-refractivity contribution in [3.05, 3.63) is 0 Å². The minimum Gasteiger partial charge on any atom is -0.328 e. The van der Waals surface area contributed by atoms with Gasteiger partial charge in [0.2, 0.25) is 0 Å². The van der Waals surface area contributed by atoms with Gasteiger partial charge in [-0.3, -0.25) is 4.90 Å². The molecule has 2 fully saturated rings. The number of hydrogen-bond donors (Lipinski definition) is 1. The molecule has 0 aromatic heterocycles. The Hall–Kier alpha value is -0.120. The number of likely N-dealkylation sites (tertiary alicyclic amines) is 1. The lowest BCUT2D eigenvalue weighted by molar-refractivity contribution is 0.216. The highest BCUT2D eigenvalue weighted by Crippen LogP contribution is 2.28. The average Bonchev–Trinajstić information content (AvgIpc) is 2.56. The summed E-state index contributed by atoms with van der Waals surface area (Å²) < 4.78 is 0. The van der Waals surface area contributed by atoms with Crippen LogP contribution in [0.4, 0.5) is 0 Å². The molecule has 0 aromatic carbocycles. The summed E-state index contributed by atoms with van der Waals surface area (Å²) in [6, 6.07) is 2.10. The van der Waals surface area contributed by atoms with E-state index < -0.39 is 0 Å². The fourth-order valence-corrected chi connectivity index (χ4v) is 3.36. The molecular formula is C14H29N3. The monoisotopic (exact) mass is 239 g/mol. The fraction of sp³-hybridized carbons (Fsp3) is 1.00. The van der Waals surface area contributed by atoms with Gasteiger partial charge in [-0.25, -0.2) is 0 Å². The van der Waals surface area contributed by atoms with Crippen molar-refractivity contribution in [3.63, 3.8) is 0 Å². The van der Waals surface area contributed by atoms with E-state index in [4.69, 9.17) is 5.73 Å². The van der Waals surface area contributed by atoms with E-state index >= 15 is 0 Å². The molecule has 2 N–H and O–H groups in total. The maximum absolute atomic E-state index is 5.98. The number of hydrogen-bond acceptors (Lipinski definition) is 3. The second kappa shape index (κ2) is 6.17. The van der Waals surface area contributed by atoms with E-state index in [-0.39, 0.29) is 0 Å². The fourth-order valence-electron chi connectivity index (χ4n) is 3.36. The summed E-state index contributed by atoms with van der Waals surface area (Å²) in [6.45, 7) is 6.02. The van der Waals surface area contributed by atoms with E-state index in [2.05, 4.69) is 23.8 Å². The lowest BCUT2D eigenvalue weighted by Gasteiger charge is -2.25. The van der Waals surface area contributed by atoms with Crippen molar-refractivity contribution < 1.29 is 0 Å². The maximum Gasteiger partial charge on any atom is 0.0223 e. The Balaban J connectivity index is 1.72. The SMILES string of the molecule is CCC(N)CCCN1CCC2CCC(C1)N2C. The van der Waals surface area contributed by atoms with Crippen LogP contribution in [0.1, 0.15) is 45.4 Å². The van der Waals surface area contributed by atoms with E-state index in [1.807, 2.05) is 0 Å². The van der Waals surface area contributed by atoms with Gasteiger partial charge in [0.1, 0.15) is 0 Å². The van der Waals surface area contributed by atoms with Crippen molar-refractivity contribution in [1.29, 1.82) is 0 Å².